The van der Waals surface area contributed by atoms with Gasteiger partial charge >= 0.3 is 6.02 Å². The van der Waals surface area contributed by atoms with Gasteiger partial charge in [0.2, 0.25) is 4.96 Å². The third-order valence-electron chi connectivity index (χ3n) is 5.85. The number of fused-ring (bicyclic) bond motifs is 1. The highest BCUT2D eigenvalue weighted by molar-refractivity contribution is 7.18. The fourth-order valence-corrected chi connectivity index (χ4v) is 4.94. The number of nitrogens with two attached hydrogens (primary N) is 1. The number of nitrogens with one attached hydrogen (secondary N) is 1. The van der Waals surface area contributed by atoms with Crippen LogP contribution in [0.4, 0.5) is 4.39 Å². The van der Waals surface area contributed by atoms with Crippen LogP contribution in [-0.2, 0) is 4.84 Å². The molecule has 0 radical (unpaired) electrons. The van der Waals surface area contributed by atoms with Gasteiger partial charge in [0.25, 0.3) is 5.19 Å². The van der Waals surface area contributed by atoms with Crippen molar-refractivity contribution in [3.63, 3.8) is 0 Å². The molecule has 0 bridgehead atoms. The number of ether oxygens (including phenoxy) is 1. The highest BCUT2D eigenvalue weighted by atomic mass is 35.5. The molecule has 34 heavy (non-hydrogen) atoms. The zero-order chi connectivity index (χ0) is 23.8. The van der Waals surface area contributed by atoms with Crippen molar-refractivity contribution in [2.24, 2.45) is 11.8 Å². The summed E-state index contributed by atoms with van der Waals surface area (Å²) in [6.07, 6.45) is 3.30. The second-order valence-electron chi connectivity index (χ2n) is 7.85. The van der Waals surface area contributed by atoms with Crippen LogP contribution in [0.3, 0.4) is 0 Å². The fraction of sp³-hybridized carbons (Fsp3) is 0.368. The number of nitrogens with zero attached hydrogens (tertiary/aromatic N) is 8. The van der Waals surface area contributed by atoms with Crippen molar-refractivity contribution < 1.29 is 14.0 Å². The second kappa shape index (κ2) is 9.12. The van der Waals surface area contributed by atoms with Gasteiger partial charge < -0.3 is 14.5 Å². The van der Waals surface area contributed by atoms with E-state index in [-0.39, 0.29) is 18.0 Å². The van der Waals surface area contributed by atoms with Gasteiger partial charge in [-0.05, 0) is 59.6 Å². The van der Waals surface area contributed by atoms with Crippen molar-refractivity contribution in [2.75, 3.05) is 13.1 Å². The highest BCUT2D eigenvalue weighted by Gasteiger charge is 2.27. The number of rotatable bonds is 5. The Bertz CT molecular complexity index is 1300. The van der Waals surface area contributed by atoms with E-state index in [1.807, 2.05) is 6.92 Å². The van der Waals surface area contributed by atoms with Crippen molar-refractivity contribution in [3.05, 3.63) is 30.2 Å². The van der Waals surface area contributed by atoms with Crippen molar-refractivity contribution in [1.82, 2.24) is 39.2 Å². The minimum Gasteiger partial charge on any atom is -0.466 e. The first-order valence-corrected chi connectivity index (χ1v) is 11.6. The molecule has 0 amide bonds. The van der Waals surface area contributed by atoms with E-state index >= 15 is 0 Å². The molecule has 1 saturated heterocycles. The lowest BCUT2D eigenvalue weighted by Crippen LogP contribution is -2.43. The maximum atomic E-state index is 14.8. The topological polar surface area (TPSA) is 145 Å². The summed E-state index contributed by atoms with van der Waals surface area (Å²) in [6, 6.07) is 4.56. The molecule has 0 unspecified atom stereocenters. The Labute approximate surface area is 201 Å². The average Bonchev–Trinajstić information content (AvgIpc) is 3.53. The summed E-state index contributed by atoms with van der Waals surface area (Å²) < 4.78 is 23.4. The number of imidazole rings is 1. The molecule has 5 rings (SSSR count). The van der Waals surface area contributed by atoms with Crippen LogP contribution in [0, 0.1) is 17.1 Å². The van der Waals surface area contributed by atoms with Crippen LogP contribution in [0.5, 0.6) is 5.19 Å². The molecule has 1 fully saturated rings. The van der Waals surface area contributed by atoms with Crippen LogP contribution in [-0.4, -0.2) is 64.4 Å². The zero-order valence-corrected chi connectivity index (χ0v) is 19.5. The van der Waals surface area contributed by atoms with Crippen LogP contribution < -0.4 is 10.6 Å². The monoisotopic (exact) mass is 506 g/mol. The third-order valence-corrected chi connectivity index (χ3v) is 6.89. The molecule has 4 heterocycles. The lowest BCUT2D eigenvalue weighted by atomic mass is 9.92. The third kappa shape index (κ3) is 4.26. The van der Waals surface area contributed by atoms with Gasteiger partial charge in [-0.2, -0.15) is 5.90 Å². The smallest absolute Gasteiger partial charge is 0.304 e. The summed E-state index contributed by atoms with van der Waals surface area (Å²) in [5.41, 5.74) is 1.22. The SMILES string of the molecule is C[C@@H](Oc1nn2cc(-c3ccc(-c4nnnn4Cl)cc3F)nc2s1)C1CCN(C(=N)ON)CC1. The van der Waals surface area contributed by atoms with Gasteiger partial charge in [-0.15, -0.1) is 14.4 Å². The maximum absolute atomic E-state index is 14.8. The number of benzene rings is 1. The predicted octanol–water partition coefficient (Wildman–Crippen LogP) is 2.56. The van der Waals surface area contributed by atoms with Crippen molar-refractivity contribution in [3.8, 4) is 27.8 Å². The minimum absolute atomic E-state index is 0.0191. The van der Waals surface area contributed by atoms with E-state index in [0.717, 1.165) is 17.0 Å². The summed E-state index contributed by atoms with van der Waals surface area (Å²) in [5.74, 6) is 5.15. The largest absolute Gasteiger partial charge is 0.466 e. The Balaban J connectivity index is 1.27. The molecule has 178 valence electrons. The fourth-order valence-electron chi connectivity index (χ4n) is 3.96. The number of amidine groups is 1. The molecule has 15 heteroatoms. The Morgan fingerprint density at radius 2 is 2.15 bits per heavy atom. The summed E-state index contributed by atoms with van der Waals surface area (Å²) in [5, 5.41) is 23.4. The summed E-state index contributed by atoms with van der Waals surface area (Å²) >= 11 is 7.14. The zero-order valence-electron chi connectivity index (χ0n) is 17.9. The first-order valence-electron chi connectivity index (χ1n) is 10.4. The molecule has 0 spiro atoms. The van der Waals surface area contributed by atoms with Crippen LogP contribution >= 0.6 is 23.1 Å². The van der Waals surface area contributed by atoms with Crippen LogP contribution in [0.15, 0.2) is 24.4 Å². The Morgan fingerprint density at radius 1 is 1.35 bits per heavy atom. The lowest BCUT2D eigenvalue weighted by Gasteiger charge is -2.34. The number of tetrazole rings is 1. The average molecular weight is 507 g/mol. The van der Waals surface area contributed by atoms with Crippen molar-refractivity contribution in [2.45, 2.75) is 25.9 Å². The van der Waals surface area contributed by atoms with E-state index in [4.69, 9.17) is 27.8 Å². The molecule has 4 aromatic rings. The van der Waals surface area contributed by atoms with E-state index in [0.29, 0.717) is 46.0 Å². The summed E-state index contributed by atoms with van der Waals surface area (Å²) in [4.78, 5) is 11.4. The lowest BCUT2D eigenvalue weighted by molar-refractivity contribution is 0.0973. The molecule has 3 aromatic heterocycles. The molecule has 1 aliphatic rings. The van der Waals surface area contributed by atoms with E-state index in [1.54, 1.807) is 27.7 Å². The van der Waals surface area contributed by atoms with E-state index in [1.165, 1.54) is 17.4 Å². The second-order valence-corrected chi connectivity index (χ2v) is 9.09. The maximum Gasteiger partial charge on any atom is 0.304 e. The van der Waals surface area contributed by atoms with Gasteiger partial charge in [0, 0.05) is 36.0 Å². The predicted molar refractivity (Wildman–Crippen MR) is 122 cm³/mol. The molecule has 1 atom stereocenters. The number of hydrogen-bond donors (Lipinski definition) is 2. The minimum atomic E-state index is -0.479. The Hall–Kier alpha value is -3.36. The first-order chi connectivity index (χ1) is 16.4. The number of hydrogen-bond acceptors (Lipinski definition) is 10. The molecule has 12 nitrogen and oxygen atoms in total. The molecule has 0 aliphatic carbocycles. The standard InChI is InChI=1S/C19H20ClFN10O2S/c1-10(11-4-6-29(7-5-11)17(22)33-23)32-19-26-30-9-15(24-18(30)34-19)13-3-2-12(8-14(13)21)16-25-27-28-31(16)20/h2-3,8-11,22H,4-7,23H2,1H3/t10-/m1/s1. The van der Waals surface area contributed by atoms with Crippen molar-refractivity contribution >= 4 is 34.1 Å². The van der Waals surface area contributed by atoms with E-state index in [9.17, 15) is 4.39 Å². The Kier molecular flexibility index (Phi) is 6.02. The van der Waals surface area contributed by atoms with Gasteiger partial charge in [0.15, 0.2) is 5.82 Å². The molecule has 3 N–H and O–H groups in total. The summed E-state index contributed by atoms with van der Waals surface area (Å²) in [6.45, 7) is 3.38. The molecule has 1 aliphatic heterocycles. The van der Waals surface area contributed by atoms with Gasteiger partial charge in [0.1, 0.15) is 11.9 Å². The quantitative estimate of drug-likeness (QED) is 0.237. The van der Waals surface area contributed by atoms with Crippen LogP contribution in [0.25, 0.3) is 27.6 Å². The Morgan fingerprint density at radius 3 is 2.79 bits per heavy atom. The number of halogens is 2. The van der Waals surface area contributed by atoms with Gasteiger partial charge in [0.05, 0.1) is 11.9 Å². The van der Waals surface area contributed by atoms with Crippen LogP contribution in [0.2, 0.25) is 0 Å². The number of aromatic nitrogens is 7. The first kappa shape index (κ1) is 22.4. The van der Waals surface area contributed by atoms with E-state index in [2.05, 4.69) is 30.4 Å². The molecule has 1 aromatic carbocycles. The highest BCUT2D eigenvalue weighted by Crippen LogP contribution is 2.31. The normalized spacial score (nSPS) is 15.6. The molecular formula is C19H20ClFN10O2S. The van der Waals surface area contributed by atoms with Gasteiger partial charge in [-0.3, -0.25) is 0 Å². The van der Waals surface area contributed by atoms with Crippen molar-refractivity contribution in [1.29, 1.82) is 5.41 Å². The van der Waals surface area contributed by atoms with Gasteiger partial charge in [-0.1, -0.05) is 6.07 Å². The van der Waals surface area contributed by atoms with E-state index < -0.39 is 5.82 Å². The summed E-state index contributed by atoms with van der Waals surface area (Å²) in [7, 11) is 0. The molecular weight excluding hydrogens is 487 g/mol. The van der Waals surface area contributed by atoms with Gasteiger partial charge in [-0.25, -0.2) is 19.3 Å². The number of piperidine rings is 1. The molecule has 0 saturated carbocycles. The van der Waals surface area contributed by atoms with Crippen LogP contribution in [0.1, 0.15) is 19.8 Å². The number of likely N-dealkylation sites (tertiary alicyclic amines) is 1.